The highest BCUT2D eigenvalue weighted by Gasteiger charge is 2.19. The Kier molecular flexibility index (Phi) is 5.64. The van der Waals surface area contributed by atoms with Crippen LogP contribution in [0.3, 0.4) is 0 Å². The molecule has 0 amide bonds. The zero-order chi connectivity index (χ0) is 27.2. The predicted molar refractivity (Wildman–Crippen MR) is 172 cm³/mol. The summed E-state index contributed by atoms with van der Waals surface area (Å²) in [6, 6.07) is 48.5. The minimum Gasteiger partial charge on any atom is -0.208 e. The van der Waals surface area contributed by atoms with Crippen molar-refractivity contribution >= 4 is 42.3 Å². The molecule has 0 N–H and O–H groups in total. The van der Waals surface area contributed by atoms with Gasteiger partial charge < -0.3 is 0 Å². The number of fused-ring (bicyclic) bond motifs is 5. The smallest absolute Gasteiger partial charge is 0.164 e. The van der Waals surface area contributed by atoms with E-state index < -0.39 is 0 Å². The van der Waals surface area contributed by atoms with Gasteiger partial charge in [0.15, 0.2) is 17.5 Å². The van der Waals surface area contributed by atoms with Crippen LogP contribution in [0.1, 0.15) is 0 Å². The average molecular weight is 542 g/mol. The largest absolute Gasteiger partial charge is 0.208 e. The molecule has 0 unspecified atom stereocenters. The lowest BCUT2D eigenvalue weighted by Gasteiger charge is -2.11. The minimum atomic E-state index is 0.668. The van der Waals surface area contributed by atoms with Crippen LogP contribution in [-0.4, -0.2) is 15.0 Å². The van der Waals surface area contributed by atoms with Gasteiger partial charge in [-0.05, 0) is 28.0 Å². The normalized spacial score (nSPS) is 11.4. The van der Waals surface area contributed by atoms with E-state index in [2.05, 4.69) is 78.9 Å². The molecule has 0 bridgehead atoms. The Morgan fingerprint density at radius 3 is 1.54 bits per heavy atom. The highest BCUT2D eigenvalue weighted by molar-refractivity contribution is 7.26. The van der Waals surface area contributed by atoms with Gasteiger partial charge in [0, 0.05) is 36.9 Å². The van der Waals surface area contributed by atoms with Crippen LogP contribution in [-0.2, 0) is 0 Å². The van der Waals surface area contributed by atoms with Crippen LogP contribution in [0.15, 0.2) is 140 Å². The van der Waals surface area contributed by atoms with Gasteiger partial charge in [0.1, 0.15) is 0 Å². The van der Waals surface area contributed by atoms with Crippen LogP contribution in [0, 0.1) is 0 Å². The summed E-state index contributed by atoms with van der Waals surface area (Å²) in [5.41, 5.74) is 5.43. The lowest BCUT2D eigenvalue weighted by molar-refractivity contribution is 1.08. The highest BCUT2D eigenvalue weighted by atomic mass is 32.1. The van der Waals surface area contributed by atoms with E-state index in [9.17, 15) is 0 Å². The molecule has 8 rings (SSSR count). The van der Waals surface area contributed by atoms with E-state index in [1.807, 2.05) is 72.0 Å². The molecule has 0 saturated heterocycles. The van der Waals surface area contributed by atoms with E-state index in [0.29, 0.717) is 17.5 Å². The van der Waals surface area contributed by atoms with Crippen molar-refractivity contribution < 1.29 is 0 Å². The van der Waals surface area contributed by atoms with Crippen LogP contribution < -0.4 is 0 Å². The van der Waals surface area contributed by atoms with Gasteiger partial charge in [-0.25, -0.2) is 15.0 Å². The molecule has 6 aromatic carbocycles. The molecular weight excluding hydrogens is 518 g/mol. The summed E-state index contributed by atoms with van der Waals surface area (Å²) in [6.45, 7) is 0. The zero-order valence-electron chi connectivity index (χ0n) is 22.0. The topological polar surface area (TPSA) is 38.7 Å². The minimum absolute atomic E-state index is 0.668. The second-order valence-electron chi connectivity index (χ2n) is 10.0. The van der Waals surface area contributed by atoms with E-state index in [0.717, 1.165) is 22.1 Å². The summed E-state index contributed by atoms with van der Waals surface area (Å²) in [4.78, 5) is 15.0. The SMILES string of the molecule is c1ccc(-c2nc(-c3ccccc3)nc(-c3cc4sc5c(-c6ccccc6)cccc5c4c4ccccc34)n2)cc1. The molecule has 0 aliphatic carbocycles. The maximum atomic E-state index is 5.06. The van der Waals surface area contributed by atoms with Gasteiger partial charge >= 0.3 is 0 Å². The lowest BCUT2D eigenvalue weighted by Crippen LogP contribution is -2.00. The molecule has 4 heteroatoms. The molecule has 0 radical (unpaired) electrons. The number of thiophene rings is 1. The third-order valence-corrected chi connectivity index (χ3v) is 8.72. The first kappa shape index (κ1) is 23.7. The van der Waals surface area contributed by atoms with Gasteiger partial charge in [0.05, 0.1) is 0 Å². The highest BCUT2D eigenvalue weighted by Crippen LogP contribution is 2.45. The van der Waals surface area contributed by atoms with Gasteiger partial charge in [-0.2, -0.15) is 0 Å². The molecule has 0 aliphatic heterocycles. The molecule has 0 spiro atoms. The van der Waals surface area contributed by atoms with Gasteiger partial charge in [-0.1, -0.05) is 133 Å². The third-order valence-electron chi connectivity index (χ3n) is 7.53. The lowest BCUT2D eigenvalue weighted by atomic mass is 9.97. The fraction of sp³-hybridized carbons (Fsp3) is 0. The van der Waals surface area contributed by atoms with E-state index in [4.69, 9.17) is 15.0 Å². The van der Waals surface area contributed by atoms with E-state index >= 15 is 0 Å². The first-order valence-electron chi connectivity index (χ1n) is 13.6. The molecule has 0 fully saturated rings. The van der Waals surface area contributed by atoms with Crippen LogP contribution in [0.4, 0.5) is 0 Å². The first-order valence-corrected chi connectivity index (χ1v) is 14.4. The standard InChI is InChI=1S/C37H23N3S/c1-4-13-24(14-5-1)27-21-12-22-30-33-29-20-11-10-19-28(29)31(23-32(33)41-34(27)30)37-39-35(25-15-6-2-7-16-25)38-36(40-37)26-17-8-3-9-18-26/h1-23H. The number of aromatic nitrogens is 3. The molecule has 8 aromatic rings. The summed E-state index contributed by atoms with van der Waals surface area (Å²) in [7, 11) is 0. The fourth-order valence-corrected chi connectivity index (χ4v) is 6.92. The molecule has 0 aliphatic rings. The Morgan fingerprint density at radius 1 is 0.390 bits per heavy atom. The summed E-state index contributed by atoms with van der Waals surface area (Å²) in [5, 5.41) is 4.90. The Labute approximate surface area is 241 Å². The molecule has 0 saturated carbocycles. The maximum Gasteiger partial charge on any atom is 0.164 e. The van der Waals surface area contributed by atoms with Gasteiger partial charge in [-0.3, -0.25) is 0 Å². The van der Waals surface area contributed by atoms with E-state index in [-0.39, 0.29) is 0 Å². The number of hydrogen-bond donors (Lipinski definition) is 0. The van der Waals surface area contributed by atoms with E-state index in [1.165, 1.54) is 36.7 Å². The summed E-state index contributed by atoms with van der Waals surface area (Å²) < 4.78 is 2.52. The molecule has 2 aromatic heterocycles. The summed E-state index contributed by atoms with van der Waals surface area (Å²) in [6.07, 6.45) is 0. The first-order chi connectivity index (χ1) is 20.3. The molecule has 3 nitrogen and oxygen atoms in total. The molecule has 2 heterocycles. The van der Waals surface area contributed by atoms with Gasteiger partial charge in [-0.15, -0.1) is 11.3 Å². The van der Waals surface area contributed by atoms with Crippen molar-refractivity contribution in [3.05, 3.63) is 140 Å². The van der Waals surface area contributed by atoms with Crippen molar-refractivity contribution in [1.82, 2.24) is 15.0 Å². The van der Waals surface area contributed by atoms with E-state index in [1.54, 1.807) is 0 Å². The zero-order valence-corrected chi connectivity index (χ0v) is 22.8. The van der Waals surface area contributed by atoms with Gasteiger partial charge in [0.25, 0.3) is 0 Å². The van der Waals surface area contributed by atoms with Crippen molar-refractivity contribution in [2.24, 2.45) is 0 Å². The summed E-state index contributed by atoms with van der Waals surface area (Å²) in [5.74, 6) is 2.01. The van der Waals surface area contributed by atoms with Crippen molar-refractivity contribution in [2.45, 2.75) is 0 Å². The Hall–Kier alpha value is -5.19. The monoisotopic (exact) mass is 541 g/mol. The second kappa shape index (κ2) is 9.77. The van der Waals surface area contributed by atoms with Crippen LogP contribution in [0.25, 0.3) is 76.2 Å². The molecular formula is C37H23N3S. The average Bonchev–Trinajstić information content (AvgIpc) is 3.44. The Morgan fingerprint density at radius 2 is 0.902 bits per heavy atom. The van der Waals surface area contributed by atoms with Crippen molar-refractivity contribution in [3.8, 4) is 45.3 Å². The number of hydrogen-bond acceptors (Lipinski definition) is 4. The second-order valence-corrected chi connectivity index (χ2v) is 11.1. The third kappa shape index (κ3) is 4.08. The number of nitrogens with zero attached hydrogens (tertiary/aromatic N) is 3. The van der Waals surface area contributed by atoms with Crippen LogP contribution in [0.5, 0.6) is 0 Å². The molecule has 192 valence electrons. The maximum absolute atomic E-state index is 5.06. The Bertz CT molecular complexity index is 2130. The fourth-order valence-electron chi connectivity index (χ4n) is 5.62. The molecule has 0 atom stereocenters. The van der Waals surface area contributed by atoms with Gasteiger partial charge in [0.2, 0.25) is 0 Å². The van der Waals surface area contributed by atoms with Crippen LogP contribution >= 0.6 is 11.3 Å². The number of rotatable bonds is 4. The van der Waals surface area contributed by atoms with Crippen LogP contribution in [0.2, 0.25) is 0 Å². The Balaban J connectivity index is 1.43. The predicted octanol–water partition coefficient (Wildman–Crippen LogP) is 10.1. The van der Waals surface area contributed by atoms with Crippen molar-refractivity contribution in [3.63, 3.8) is 0 Å². The van der Waals surface area contributed by atoms with Crippen molar-refractivity contribution in [1.29, 1.82) is 0 Å². The summed E-state index contributed by atoms with van der Waals surface area (Å²) >= 11 is 1.84. The van der Waals surface area contributed by atoms with Crippen molar-refractivity contribution in [2.75, 3.05) is 0 Å². The molecule has 41 heavy (non-hydrogen) atoms. The quantitative estimate of drug-likeness (QED) is 0.222. The number of benzene rings is 6.